The molecular weight excluding hydrogens is 450 g/mol. The molecular formula is C25H39N5O5. The number of hydrogen-bond acceptors (Lipinski definition) is 7. The Labute approximate surface area is 207 Å². The van der Waals surface area contributed by atoms with Crippen molar-refractivity contribution in [3.05, 3.63) is 35.4 Å². The van der Waals surface area contributed by atoms with E-state index in [2.05, 4.69) is 15.8 Å². The molecule has 0 aromatic heterocycles. The number of nitrogens with one attached hydrogen (secondary N) is 2. The maximum absolute atomic E-state index is 12.6. The number of Topliss-reactive ketones (excluding diaryl/α,β-unsaturated/α-hetero) is 1. The quantitative estimate of drug-likeness (QED) is 0.147. The van der Waals surface area contributed by atoms with Gasteiger partial charge in [-0.05, 0) is 62.3 Å². The van der Waals surface area contributed by atoms with E-state index in [4.69, 9.17) is 16.3 Å². The molecule has 2 atom stereocenters. The van der Waals surface area contributed by atoms with Gasteiger partial charge in [0.05, 0.1) is 0 Å². The van der Waals surface area contributed by atoms with Gasteiger partial charge in [-0.15, -0.1) is 0 Å². The van der Waals surface area contributed by atoms with Gasteiger partial charge in [-0.1, -0.05) is 31.1 Å². The third-order valence-electron chi connectivity index (χ3n) is 5.24. The molecule has 3 amide bonds. The molecule has 35 heavy (non-hydrogen) atoms. The number of carbonyl (C=O) groups is 4. The summed E-state index contributed by atoms with van der Waals surface area (Å²) >= 11 is 0. The summed E-state index contributed by atoms with van der Waals surface area (Å²) in [5.74, 6) is -1.14. The lowest BCUT2D eigenvalue weighted by Crippen LogP contribution is -2.47. The molecule has 0 aliphatic rings. The van der Waals surface area contributed by atoms with Gasteiger partial charge in [0.1, 0.15) is 18.9 Å². The monoisotopic (exact) mass is 489 g/mol. The van der Waals surface area contributed by atoms with Crippen LogP contribution in [0.5, 0.6) is 0 Å². The minimum atomic E-state index is -0.756. The summed E-state index contributed by atoms with van der Waals surface area (Å²) < 4.78 is 0. The highest BCUT2D eigenvalue weighted by Gasteiger charge is 2.24. The number of hydrogen-bond donors (Lipinski definition) is 4. The third-order valence-corrected chi connectivity index (χ3v) is 5.24. The number of nitrogens with zero attached hydrogens (tertiary/aromatic N) is 1. The van der Waals surface area contributed by atoms with Crippen LogP contribution in [0.15, 0.2) is 29.4 Å². The number of oxime groups is 1. The Kier molecular flexibility index (Phi) is 13.9. The minimum Gasteiger partial charge on any atom is -0.391 e. The largest absolute Gasteiger partial charge is 0.391 e. The Morgan fingerprint density at radius 2 is 1.89 bits per heavy atom. The predicted octanol–water partition coefficient (Wildman–Crippen LogP) is 1.66. The Hall–Kier alpha value is -3.27. The van der Waals surface area contributed by atoms with Crippen LogP contribution in [-0.4, -0.2) is 48.9 Å². The van der Waals surface area contributed by atoms with E-state index in [0.717, 1.165) is 11.8 Å². The number of rotatable bonds is 17. The van der Waals surface area contributed by atoms with E-state index in [-0.39, 0.29) is 30.1 Å². The van der Waals surface area contributed by atoms with Crippen LogP contribution in [0.25, 0.3) is 0 Å². The van der Waals surface area contributed by atoms with Crippen LogP contribution in [0.2, 0.25) is 0 Å². The fourth-order valence-electron chi connectivity index (χ4n) is 3.50. The highest BCUT2D eigenvalue weighted by molar-refractivity contribution is 6.26. The van der Waals surface area contributed by atoms with Gasteiger partial charge in [-0.2, -0.15) is 0 Å². The molecule has 0 fully saturated rings. The SMILES string of the molecule is CC(=O)/C=N/OCc1cccc(C(=O)NCCCC[C@H](NC(=O)[C@@H](CCN)CC(C)C)C(N)=O)c1. The molecule has 0 bridgehead atoms. The van der Waals surface area contributed by atoms with E-state index >= 15 is 0 Å². The van der Waals surface area contributed by atoms with Gasteiger partial charge in [-0.25, -0.2) is 0 Å². The van der Waals surface area contributed by atoms with E-state index in [0.29, 0.717) is 56.7 Å². The van der Waals surface area contributed by atoms with Crippen LogP contribution >= 0.6 is 0 Å². The maximum Gasteiger partial charge on any atom is 0.251 e. The first-order chi connectivity index (χ1) is 16.6. The van der Waals surface area contributed by atoms with Crippen LogP contribution < -0.4 is 22.1 Å². The van der Waals surface area contributed by atoms with Crippen LogP contribution in [0, 0.1) is 11.8 Å². The summed E-state index contributed by atoms with van der Waals surface area (Å²) in [7, 11) is 0. The molecule has 0 saturated heterocycles. The molecule has 194 valence electrons. The van der Waals surface area contributed by atoms with Gasteiger partial charge < -0.3 is 26.9 Å². The smallest absolute Gasteiger partial charge is 0.251 e. The molecule has 10 heteroatoms. The molecule has 0 heterocycles. The summed E-state index contributed by atoms with van der Waals surface area (Å²) in [5, 5.41) is 9.15. The maximum atomic E-state index is 12.6. The zero-order valence-electron chi connectivity index (χ0n) is 20.9. The van der Waals surface area contributed by atoms with Crippen molar-refractivity contribution in [2.45, 2.75) is 65.5 Å². The van der Waals surface area contributed by atoms with E-state index < -0.39 is 11.9 Å². The number of primary amides is 1. The molecule has 0 radical (unpaired) electrons. The first-order valence-electron chi connectivity index (χ1n) is 12.0. The minimum absolute atomic E-state index is 0.133. The Balaban J connectivity index is 2.46. The van der Waals surface area contributed by atoms with Gasteiger partial charge in [0.2, 0.25) is 11.8 Å². The average molecular weight is 490 g/mol. The van der Waals surface area contributed by atoms with Gasteiger partial charge >= 0.3 is 0 Å². The lowest BCUT2D eigenvalue weighted by molar-refractivity contribution is -0.130. The van der Waals surface area contributed by atoms with Gasteiger partial charge in [0, 0.05) is 24.9 Å². The number of nitrogens with two attached hydrogens (primary N) is 2. The van der Waals surface area contributed by atoms with Crippen molar-refractivity contribution in [3.63, 3.8) is 0 Å². The van der Waals surface area contributed by atoms with Crippen LogP contribution in [0.4, 0.5) is 0 Å². The van der Waals surface area contributed by atoms with Crippen molar-refractivity contribution >= 4 is 29.7 Å². The second-order valence-corrected chi connectivity index (χ2v) is 8.94. The third kappa shape index (κ3) is 12.7. The summed E-state index contributed by atoms with van der Waals surface area (Å²) in [6.45, 7) is 6.38. The predicted molar refractivity (Wildman–Crippen MR) is 134 cm³/mol. The van der Waals surface area contributed by atoms with E-state index in [1.54, 1.807) is 24.3 Å². The van der Waals surface area contributed by atoms with Crippen molar-refractivity contribution < 1.29 is 24.0 Å². The lowest BCUT2D eigenvalue weighted by Gasteiger charge is -2.22. The van der Waals surface area contributed by atoms with E-state index in [1.165, 1.54) is 6.92 Å². The second-order valence-electron chi connectivity index (χ2n) is 8.94. The fourth-order valence-corrected chi connectivity index (χ4v) is 3.50. The molecule has 6 N–H and O–H groups in total. The zero-order chi connectivity index (χ0) is 26.2. The number of amides is 3. The van der Waals surface area contributed by atoms with E-state index in [9.17, 15) is 19.2 Å². The molecule has 0 unspecified atom stereocenters. The second kappa shape index (κ2) is 16.4. The topological polar surface area (TPSA) is 166 Å². The molecule has 0 saturated carbocycles. The lowest BCUT2D eigenvalue weighted by atomic mass is 9.93. The summed E-state index contributed by atoms with van der Waals surface area (Å²) in [6.07, 6.45) is 3.94. The number of ketones is 1. The Morgan fingerprint density at radius 3 is 2.51 bits per heavy atom. The Bertz CT molecular complexity index is 872. The molecule has 1 rings (SSSR count). The molecule has 0 spiro atoms. The average Bonchev–Trinajstić information content (AvgIpc) is 2.80. The molecule has 0 aliphatic carbocycles. The van der Waals surface area contributed by atoms with Crippen molar-refractivity contribution in [1.82, 2.24) is 10.6 Å². The molecule has 10 nitrogen and oxygen atoms in total. The standard InChI is InChI=1S/C25H39N5O5/c1-17(2)13-21(10-11-26)25(34)30-22(23(27)32)9-4-5-12-28-24(33)20-8-6-7-19(14-20)16-35-29-15-18(3)31/h6-8,14-15,17,21-22H,4-5,9-13,16,26H2,1-3H3,(H2,27,32)(H,28,33)(H,30,34)/b29-15+/t21-,22-/m0/s1. The van der Waals surface area contributed by atoms with Crippen molar-refractivity contribution in [1.29, 1.82) is 0 Å². The summed E-state index contributed by atoms with van der Waals surface area (Å²) in [4.78, 5) is 52.7. The molecule has 1 aromatic carbocycles. The molecule has 0 aliphatic heterocycles. The van der Waals surface area contributed by atoms with Gasteiger partial charge in [0.25, 0.3) is 5.91 Å². The van der Waals surface area contributed by atoms with Gasteiger partial charge in [-0.3, -0.25) is 19.2 Å². The van der Waals surface area contributed by atoms with Crippen molar-refractivity contribution in [2.24, 2.45) is 28.5 Å². The van der Waals surface area contributed by atoms with Crippen molar-refractivity contribution in [2.75, 3.05) is 13.1 Å². The number of unbranched alkanes of at least 4 members (excludes halogenated alkanes) is 1. The highest BCUT2D eigenvalue weighted by atomic mass is 16.6. The normalized spacial score (nSPS) is 12.8. The first-order valence-corrected chi connectivity index (χ1v) is 12.0. The fraction of sp³-hybridized carbons (Fsp3) is 0.560. The highest BCUT2D eigenvalue weighted by Crippen LogP contribution is 2.16. The van der Waals surface area contributed by atoms with Crippen LogP contribution in [0.1, 0.15) is 68.8 Å². The van der Waals surface area contributed by atoms with Crippen LogP contribution in [0.3, 0.4) is 0 Å². The first kappa shape index (κ1) is 29.8. The van der Waals surface area contributed by atoms with E-state index in [1.807, 2.05) is 13.8 Å². The molecule has 1 aromatic rings. The Morgan fingerprint density at radius 1 is 1.14 bits per heavy atom. The van der Waals surface area contributed by atoms with Crippen molar-refractivity contribution in [3.8, 4) is 0 Å². The summed E-state index contributed by atoms with van der Waals surface area (Å²) in [6, 6.07) is 6.14. The zero-order valence-corrected chi connectivity index (χ0v) is 20.9. The number of carbonyl (C=O) groups excluding carboxylic acids is 4. The van der Waals surface area contributed by atoms with Crippen LogP contribution in [-0.2, 0) is 25.8 Å². The summed E-state index contributed by atoms with van der Waals surface area (Å²) in [5.41, 5.74) is 12.3. The van der Waals surface area contributed by atoms with Gasteiger partial charge in [0.15, 0.2) is 5.78 Å². The number of benzene rings is 1.